The molecule has 0 atom stereocenters. The summed E-state index contributed by atoms with van der Waals surface area (Å²) in [5.74, 6) is -4.13. The zero-order chi connectivity index (χ0) is 56.9. The van der Waals surface area contributed by atoms with Crippen LogP contribution in [0.25, 0.3) is 55.7 Å². The first-order valence-electron chi connectivity index (χ1n) is 28.1. The fourth-order valence-corrected chi connectivity index (χ4v) is 7.21. The zero-order valence-corrected chi connectivity index (χ0v) is 34.5. The van der Waals surface area contributed by atoms with E-state index in [4.69, 9.17) is 9.90 Å². The van der Waals surface area contributed by atoms with Gasteiger partial charge in [-0.05, 0) is 137 Å². The SMILES string of the molecule is [2H]c1cc2oc3c(-c4ccc(C([2H])([2H])C([2H])([2H])c5cc(C([2H])([2H])C([2H])([2H])c6cnc(-c7ccccc7)cc6C([2H])(C)C)cc(C([2H])([2H])C([2H])([2H])c6cnc(-c7ccccc7)cc6C([2H])(C)C)c5)cn4)cccc3c2c([2H])c1F. The molecule has 0 aliphatic heterocycles. The summed E-state index contributed by atoms with van der Waals surface area (Å²) in [4.78, 5) is 13.4. The van der Waals surface area contributed by atoms with E-state index < -0.39 is 84.6 Å². The van der Waals surface area contributed by atoms with Gasteiger partial charge in [0, 0.05) is 65.2 Å². The predicted octanol–water partition coefficient (Wildman–Crippen LogP) is 14.5. The van der Waals surface area contributed by atoms with E-state index in [2.05, 4.69) is 15.0 Å². The van der Waals surface area contributed by atoms with Crippen LogP contribution in [0.15, 0.2) is 162 Å². The number of para-hydroxylation sites is 1. The highest BCUT2D eigenvalue weighted by molar-refractivity contribution is 6.09. The second-order valence-electron chi connectivity index (χ2n) is 15.2. The highest BCUT2D eigenvalue weighted by atomic mass is 19.1. The van der Waals surface area contributed by atoms with Crippen LogP contribution in [-0.2, 0) is 38.2 Å². The van der Waals surface area contributed by atoms with Gasteiger partial charge in [0.15, 0.2) is 0 Å². The molecule has 0 saturated carbocycles. The van der Waals surface area contributed by atoms with E-state index in [1.165, 1.54) is 52.0 Å². The van der Waals surface area contributed by atoms with E-state index in [9.17, 15) is 20.8 Å². The Morgan fingerprint density at radius 3 is 1.61 bits per heavy atom. The maximum atomic E-state index is 14.7. The number of hydrogen-bond acceptors (Lipinski definition) is 4. The van der Waals surface area contributed by atoms with Gasteiger partial charge in [-0.3, -0.25) is 15.0 Å². The number of rotatable bonds is 14. The van der Waals surface area contributed by atoms with E-state index in [-0.39, 0.29) is 50.1 Å². The lowest BCUT2D eigenvalue weighted by Crippen LogP contribution is -2.04. The second kappa shape index (κ2) is 18.1. The molecule has 0 saturated heterocycles. The van der Waals surface area contributed by atoms with Crippen LogP contribution in [0.4, 0.5) is 4.39 Å². The molecule has 308 valence electrons. The summed E-state index contributed by atoms with van der Waals surface area (Å²) in [5.41, 5.74) is -0.141. The maximum Gasteiger partial charge on any atom is 0.144 e. The van der Waals surface area contributed by atoms with Crippen molar-refractivity contribution in [2.45, 2.75) is 77.7 Å². The molecule has 5 aromatic carbocycles. The summed E-state index contributed by atoms with van der Waals surface area (Å²) in [6.45, 7) is 5.99. The molecule has 4 aromatic heterocycles. The van der Waals surface area contributed by atoms with Crippen LogP contribution in [0, 0.1) is 5.82 Å². The third-order valence-corrected chi connectivity index (χ3v) is 10.3. The highest BCUT2D eigenvalue weighted by Crippen LogP contribution is 2.36. The van der Waals surface area contributed by atoms with Crippen molar-refractivity contribution in [2.75, 3.05) is 0 Å². The third kappa shape index (κ3) is 8.99. The monoisotopic (exact) mass is 830 g/mol. The topological polar surface area (TPSA) is 51.8 Å². The minimum absolute atomic E-state index is 0.0569. The summed E-state index contributed by atoms with van der Waals surface area (Å²) < 4.78 is 171. The minimum atomic E-state index is -3.28. The number of benzene rings is 5. The van der Waals surface area contributed by atoms with Gasteiger partial charge in [0.2, 0.25) is 0 Å². The van der Waals surface area contributed by atoms with Crippen molar-refractivity contribution in [3.8, 4) is 33.8 Å². The molecule has 5 heteroatoms. The van der Waals surface area contributed by atoms with Crippen LogP contribution in [0.2, 0.25) is 0 Å². The van der Waals surface area contributed by atoms with Gasteiger partial charge in [0.05, 0.1) is 19.8 Å². The Balaban J connectivity index is 1.20. The summed E-state index contributed by atoms with van der Waals surface area (Å²) in [7, 11) is 0. The summed E-state index contributed by atoms with van der Waals surface area (Å²) in [6, 6.07) is 31.1. The van der Waals surface area contributed by atoms with E-state index in [1.807, 2.05) is 0 Å². The van der Waals surface area contributed by atoms with E-state index >= 15 is 0 Å². The van der Waals surface area contributed by atoms with Crippen LogP contribution < -0.4 is 0 Å². The average Bonchev–Trinajstić information content (AvgIpc) is 3.87. The first kappa shape index (κ1) is 25.9. The lowest BCUT2D eigenvalue weighted by molar-refractivity contribution is 0.626. The van der Waals surface area contributed by atoms with Crippen molar-refractivity contribution in [3.05, 3.63) is 208 Å². The molecular formula is C57H52FN3O. The lowest BCUT2D eigenvalue weighted by atomic mass is 9.90. The van der Waals surface area contributed by atoms with Crippen molar-refractivity contribution in [1.29, 1.82) is 0 Å². The van der Waals surface area contributed by atoms with Crippen molar-refractivity contribution in [2.24, 2.45) is 0 Å². The fraction of sp³-hybridized carbons (Fsp3) is 0.211. The number of aromatic nitrogens is 3. The first-order chi connectivity index (χ1) is 36.2. The van der Waals surface area contributed by atoms with Gasteiger partial charge in [-0.1, -0.05) is 125 Å². The van der Waals surface area contributed by atoms with E-state index in [0.717, 1.165) is 42.9 Å². The molecule has 4 nitrogen and oxygen atoms in total. The first-order valence-corrected chi connectivity index (χ1v) is 20.1. The lowest BCUT2D eigenvalue weighted by Gasteiger charge is -2.16. The molecular weight excluding hydrogens is 762 g/mol. The van der Waals surface area contributed by atoms with Gasteiger partial charge in [-0.25, -0.2) is 4.39 Å². The molecule has 0 aliphatic carbocycles. The Bertz CT molecular complexity index is 3620. The van der Waals surface area contributed by atoms with Crippen LogP contribution in [0.1, 0.15) is 106 Å². The molecule has 0 aliphatic rings. The fourth-order valence-electron chi connectivity index (χ4n) is 7.21. The molecule has 9 rings (SSSR count). The summed E-state index contributed by atoms with van der Waals surface area (Å²) in [6.07, 6.45) is -15.9. The number of fused-ring (bicyclic) bond motifs is 3. The van der Waals surface area contributed by atoms with Gasteiger partial charge in [0.1, 0.15) is 17.0 Å². The quantitative estimate of drug-likeness (QED) is 0.110. The van der Waals surface area contributed by atoms with Crippen LogP contribution >= 0.6 is 0 Å². The second-order valence-corrected chi connectivity index (χ2v) is 15.2. The normalized spacial score (nSPS) is 17.2. The van der Waals surface area contributed by atoms with Crippen molar-refractivity contribution < 1.29 is 30.7 Å². The van der Waals surface area contributed by atoms with E-state index in [1.54, 1.807) is 78.9 Å². The van der Waals surface area contributed by atoms with Crippen LogP contribution in [-0.4, -0.2) is 15.0 Å². The number of hydrogen-bond donors (Lipinski definition) is 0. The van der Waals surface area contributed by atoms with Gasteiger partial charge >= 0.3 is 0 Å². The molecule has 0 radical (unpaired) electrons. The zero-order valence-electron chi connectivity index (χ0n) is 50.5. The largest absolute Gasteiger partial charge is 0.455 e. The van der Waals surface area contributed by atoms with Gasteiger partial charge in [-0.15, -0.1) is 0 Å². The number of halogens is 1. The van der Waals surface area contributed by atoms with Crippen molar-refractivity contribution in [3.63, 3.8) is 0 Å². The third-order valence-electron chi connectivity index (χ3n) is 10.3. The molecule has 9 aromatic rings. The van der Waals surface area contributed by atoms with Crippen LogP contribution in [0.5, 0.6) is 0 Å². The molecule has 0 amide bonds. The number of aryl methyl sites for hydroxylation is 6. The Hall–Kier alpha value is -6.72. The molecule has 0 fully saturated rings. The van der Waals surface area contributed by atoms with Crippen molar-refractivity contribution in [1.82, 2.24) is 15.0 Å². The molecule has 0 bridgehead atoms. The number of nitrogens with zero attached hydrogens (tertiary/aromatic N) is 3. The predicted molar refractivity (Wildman–Crippen MR) is 253 cm³/mol. The summed E-state index contributed by atoms with van der Waals surface area (Å²) in [5, 5.41) is 0.489. The van der Waals surface area contributed by atoms with Crippen LogP contribution in [0.3, 0.4) is 0 Å². The van der Waals surface area contributed by atoms with Gasteiger partial charge in [0.25, 0.3) is 0 Å². The Labute approximate surface area is 387 Å². The minimum Gasteiger partial charge on any atom is -0.455 e. The van der Waals surface area contributed by atoms with Crippen molar-refractivity contribution >= 4 is 21.9 Å². The number of pyridine rings is 3. The summed E-state index contributed by atoms with van der Waals surface area (Å²) >= 11 is 0. The molecule has 62 heavy (non-hydrogen) atoms. The maximum absolute atomic E-state index is 14.7. The molecule has 0 spiro atoms. The molecule has 0 N–H and O–H groups in total. The van der Waals surface area contributed by atoms with Gasteiger partial charge < -0.3 is 4.42 Å². The Kier molecular flexibility index (Phi) is 7.56. The molecule has 4 heterocycles. The highest BCUT2D eigenvalue weighted by Gasteiger charge is 2.16. The Morgan fingerprint density at radius 1 is 0.548 bits per heavy atom. The Morgan fingerprint density at radius 2 is 1.08 bits per heavy atom. The van der Waals surface area contributed by atoms with Gasteiger partial charge in [-0.2, -0.15) is 0 Å². The standard InChI is InChI=1S/C57H52FN3O/c1-37(2)50-32-54(43-12-7-5-8-13-43)60-35-45(50)23-20-41-28-40(29-42(30-41)21-24-46-36-61-55(33-51(46)38(3)4)44-14-9-6-10-15-44)19-18-39-22-26-53(59-34-39)49-17-11-16-48-52-31-47(58)25-27-56(52)62-57(48)49/h5-17,22,25-38H,18-21,23-24H2,1-4H3/i18D2,19D2,20D2,21D2,23D2,24D2,25D,31D,37D,38D. The smallest absolute Gasteiger partial charge is 0.144 e. The molecule has 0 unspecified atom stereocenters. The average molecular weight is 830 g/mol. The number of furan rings is 1. The van der Waals surface area contributed by atoms with E-state index in [0.29, 0.717) is 33.5 Å².